The van der Waals surface area contributed by atoms with Crippen LogP contribution in [-0.4, -0.2) is 23.5 Å². The van der Waals surface area contributed by atoms with E-state index >= 15 is 0 Å². The van der Waals surface area contributed by atoms with Crippen LogP contribution in [0.2, 0.25) is 0 Å². The third-order valence-corrected chi connectivity index (χ3v) is 4.49. The minimum absolute atomic E-state index is 0.0238. The van der Waals surface area contributed by atoms with Gasteiger partial charge < -0.3 is 5.73 Å². The van der Waals surface area contributed by atoms with Gasteiger partial charge in [-0.15, -0.1) is 0 Å². The Hall–Kier alpha value is -0.930. The second-order valence-corrected chi connectivity index (χ2v) is 5.95. The molecular formula is C17H27FN2. The van der Waals surface area contributed by atoms with Gasteiger partial charge in [0.1, 0.15) is 5.82 Å². The maximum absolute atomic E-state index is 14.2. The van der Waals surface area contributed by atoms with Crippen LogP contribution in [0.1, 0.15) is 57.6 Å². The van der Waals surface area contributed by atoms with E-state index in [1.54, 1.807) is 12.1 Å². The number of nitrogens with two attached hydrogens (primary N) is 1. The molecule has 0 amide bonds. The van der Waals surface area contributed by atoms with Crippen molar-refractivity contribution < 1.29 is 4.39 Å². The molecule has 0 radical (unpaired) electrons. The number of hydrogen-bond acceptors (Lipinski definition) is 2. The summed E-state index contributed by atoms with van der Waals surface area (Å²) >= 11 is 0. The zero-order valence-electron chi connectivity index (χ0n) is 12.7. The van der Waals surface area contributed by atoms with Crippen molar-refractivity contribution in [2.24, 2.45) is 5.73 Å². The predicted octanol–water partition coefficient (Wildman–Crippen LogP) is 3.87. The van der Waals surface area contributed by atoms with Crippen LogP contribution in [0.3, 0.4) is 0 Å². The fourth-order valence-corrected chi connectivity index (χ4v) is 3.57. The lowest BCUT2D eigenvalue weighted by Crippen LogP contribution is -2.46. The number of benzene rings is 1. The van der Waals surface area contributed by atoms with Crippen molar-refractivity contribution in [2.75, 3.05) is 6.54 Å². The Morgan fingerprint density at radius 3 is 2.45 bits per heavy atom. The molecule has 0 aliphatic heterocycles. The van der Waals surface area contributed by atoms with Gasteiger partial charge in [0, 0.05) is 17.6 Å². The zero-order valence-corrected chi connectivity index (χ0v) is 12.7. The summed E-state index contributed by atoms with van der Waals surface area (Å²) < 4.78 is 14.2. The highest BCUT2D eigenvalue weighted by molar-refractivity contribution is 5.23. The molecule has 2 atom stereocenters. The SMILES string of the molecule is CCN(C1CCCCC1)C(c1ccccc1F)C(C)N. The number of likely N-dealkylation sites (N-methyl/N-ethyl adjacent to an activating group) is 1. The maximum Gasteiger partial charge on any atom is 0.128 e. The van der Waals surface area contributed by atoms with Crippen LogP contribution in [-0.2, 0) is 0 Å². The first-order chi connectivity index (χ1) is 9.65. The fraction of sp³-hybridized carbons (Fsp3) is 0.647. The second kappa shape index (κ2) is 7.19. The zero-order chi connectivity index (χ0) is 14.5. The molecule has 1 aromatic carbocycles. The van der Waals surface area contributed by atoms with Crippen molar-refractivity contribution in [3.05, 3.63) is 35.6 Å². The van der Waals surface area contributed by atoms with E-state index in [1.807, 2.05) is 19.1 Å². The number of rotatable bonds is 5. The summed E-state index contributed by atoms with van der Waals surface area (Å²) in [5, 5.41) is 0. The summed E-state index contributed by atoms with van der Waals surface area (Å²) in [4.78, 5) is 2.42. The molecule has 1 aliphatic rings. The van der Waals surface area contributed by atoms with Crippen molar-refractivity contribution in [3.63, 3.8) is 0 Å². The highest BCUT2D eigenvalue weighted by Gasteiger charge is 2.31. The monoisotopic (exact) mass is 278 g/mol. The van der Waals surface area contributed by atoms with E-state index in [0.717, 1.165) is 12.1 Å². The standard InChI is InChI=1S/C17H27FN2/c1-3-20(14-9-5-4-6-10-14)17(13(2)19)15-11-7-8-12-16(15)18/h7-8,11-14,17H,3-6,9-10,19H2,1-2H3. The fourth-order valence-electron chi connectivity index (χ4n) is 3.57. The van der Waals surface area contributed by atoms with E-state index in [-0.39, 0.29) is 17.9 Å². The molecule has 1 aromatic rings. The van der Waals surface area contributed by atoms with Gasteiger partial charge in [0.2, 0.25) is 0 Å². The average molecular weight is 278 g/mol. The largest absolute Gasteiger partial charge is 0.326 e. The summed E-state index contributed by atoms with van der Waals surface area (Å²) in [6.07, 6.45) is 6.32. The molecule has 2 rings (SSSR count). The Kier molecular flexibility index (Phi) is 5.55. The molecule has 112 valence electrons. The Bertz CT molecular complexity index is 413. The Balaban J connectivity index is 2.28. The molecule has 0 heterocycles. The molecule has 2 N–H and O–H groups in total. The van der Waals surface area contributed by atoms with Crippen LogP contribution in [0.4, 0.5) is 4.39 Å². The van der Waals surface area contributed by atoms with E-state index in [1.165, 1.54) is 32.1 Å². The third kappa shape index (κ3) is 3.39. The minimum Gasteiger partial charge on any atom is -0.326 e. The van der Waals surface area contributed by atoms with Gasteiger partial charge in [-0.05, 0) is 32.4 Å². The third-order valence-electron chi connectivity index (χ3n) is 4.49. The van der Waals surface area contributed by atoms with Crippen LogP contribution in [0.25, 0.3) is 0 Å². The lowest BCUT2D eigenvalue weighted by molar-refractivity contribution is 0.0953. The summed E-state index contributed by atoms with van der Waals surface area (Å²) in [5.74, 6) is -0.135. The Morgan fingerprint density at radius 2 is 1.90 bits per heavy atom. The molecule has 0 saturated heterocycles. The lowest BCUT2D eigenvalue weighted by atomic mass is 9.90. The van der Waals surface area contributed by atoms with E-state index < -0.39 is 0 Å². The van der Waals surface area contributed by atoms with Crippen molar-refractivity contribution in [1.82, 2.24) is 4.90 Å². The molecule has 1 saturated carbocycles. The van der Waals surface area contributed by atoms with Crippen LogP contribution >= 0.6 is 0 Å². The van der Waals surface area contributed by atoms with Gasteiger partial charge in [-0.3, -0.25) is 4.90 Å². The average Bonchev–Trinajstić information content (AvgIpc) is 2.46. The molecule has 0 spiro atoms. The molecule has 0 aromatic heterocycles. The van der Waals surface area contributed by atoms with Crippen molar-refractivity contribution in [1.29, 1.82) is 0 Å². The van der Waals surface area contributed by atoms with Crippen LogP contribution in [0.5, 0.6) is 0 Å². The molecule has 3 heteroatoms. The molecule has 2 unspecified atom stereocenters. The van der Waals surface area contributed by atoms with Crippen LogP contribution in [0, 0.1) is 5.82 Å². The van der Waals surface area contributed by atoms with E-state index in [2.05, 4.69) is 11.8 Å². The van der Waals surface area contributed by atoms with Gasteiger partial charge in [0.05, 0.1) is 6.04 Å². The summed E-state index contributed by atoms with van der Waals surface area (Å²) in [7, 11) is 0. The second-order valence-electron chi connectivity index (χ2n) is 5.95. The lowest BCUT2D eigenvalue weighted by Gasteiger charge is -2.41. The van der Waals surface area contributed by atoms with E-state index in [9.17, 15) is 4.39 Å². The Labute approximate surface area is 122 Å². The van der Waals surface area contributed by atoms with Gasteiger partial charge in [-0.25, -0.2) is 4.39 Å². The molecule has 1 fully saturated rings. The number of nitrogens with zero attached hydrogens (tertiary/aromatic N) is 1. The molecular weight excluding hydrogens is 251 g/mol. The van der Waals surface area contributed by atoms with Crippen molar-refractivity contribution >= 4 is 0 Å². The highest BCUT2D eigenvalue weighted by Crippen LogP contribution is 2.32. The Morgan fingerprint density at radius 1 is 1.25 bits per heavy atom. The topological polar surface area (TPSA) is 29.3 Å². The van der Waals surface area contributed by atoms with Gasteiger partial charge in [0.25, 0.3) is 0 Å². The molecule has 1 aliphatic carbocycles. The van der Waals surface area contributed by atoms with Crippen LogP contribution < -0.4 is 5.73 Å². The van der Waals surface area contributed by atoms with E-state index in [0.29, 0.717) is 6.04 Å². The summed E-state index contributed by atoms with van der Waals surface area (Å²) in [5.41, 5.74) is 6.96. The summed E-state index contributed by atoms with van der Waals surface area (Å²) in [6, 6.07) is 7.52. The van der Waals surface area contributed by atoms with E-state index in [4.69, 9.17) is 5.73 Å². The maximum atomic E-state index is 14.2. The summed E-state index contributed by atoms with van der Waals surface area (Å²) in [6.45, 7) is 5.07. The smallest absolute Gasteiger partial charge is 0.128 e. The van der Waals surface area contributed by atoms with Crippen molar-refractivity contribution in [2.45, 2.75) is 64.1 Å². The quantitative estimate of drug-likeness (QED) is 0.886. The number of halogens is 1. The van der Waals surface area contributed by atoms with Gasteiger partial charge in [0.15, 0.2) is 0 Å². The van der Waals surface area contributed by atoms with Gasteiger partial charge in [-0.2, -0.15) is 0 Å². The van der Waals surface area contributed by atoms with Crippen molar-refractivity contribution in [3.8, 4) is 0 Å². The van der Waals surface area contributed by atoms with Gasteiger partial charge >= 0.3 is 0 Å². The highest BCUT2D eigenvalue weighted by atomic mass is 19.1. The first kappa shape index (κ1) is 15.5. The molecule has 20 heavy (non-hydrogen) atoms. The molecule has 0 bridgehead atoms. The van der Waals surface area contributed by atoms with Gasteiger partial charge in [-0.1, -0.05) is 44.4 Å². The number of hydrogen-bond donors (Lipinski definition) is 1. The minimum atomic E-state index is -0.135. The predicted molar refractivity (Wildman–Crippen MR) is 82.0 cm³/mol. The molecule has 2 nitrogen and oxygen atoms in total. The first-order valence-electron chi connectivity index (χ1n) is 7.91. The normalized spacial score (nSPS) is 20.1. The van der Waals surface area contributed by atoms with Crippen LogP contribution in [0.15, 0.2) is 24.3 Å². The first-order valence-corrected chi connectivity index (χ1v) is 7.91.